The number of aliphatic hydroxyl groups excluding tert-OH is 1. The molecule has 1 aliphatic carbocycles. The Labute approximate surface area is 102 Å². The fourth-order valence-corrected chi connectivity index (χ4v) is 3.01. The van der Waals surface area contributed by atoms with Crippen LogP contribution in [0.2, 0.25) is 0 Å². The molecule has 2 nitrogen and oxygen atoms in total. The third-order valence-corrected chi connectivity index (χ3v) is 4.02. The molecule has 1 heterocycles. The molecule has 90 valence electrons. The molecule has 1 aliphatic rings. The molecule has 2 unspecified atom stereocenters. The summed E-state index contributed by atoms with van der Waals surface area (Å²) in [7, 11) is 0. The number of aliphatic hydroxyl groups is 1. The first-order valence-corrected chi connectivity index (χ1v) is 6.49. The van der Waals surface area contributed by atoms with Gasteiger partial charge in [-0.15, -0.1) is 0 Å². The van der Waals surface area contributed by atoms with Gasteiger partial charge in [-0.2, -0.15) is 0 Å². The van der Waals surface area contributed by atoms with Crippen molar-refractivity contribution in [1.82, 2.24) is 4.98 Å². The van der Waals surface area contributed by atoms with Crippen molar-refractivity contribution in [3.05, 3.63) is 35.5 Å². The van der Waals surface area contributed by atoms with E-state index in [4.69, 9.17) is 0 Å². The second kappa shape index (κ2) is 4.19. The third kappa shape index (κ3) is 1.98. The molecule has 17 heavy (non-hydrogen) atoms. The molecule has 0 bridgehead atoms. The van der Waals surface area contributed by atoms with E-state index in [-0.39, 0.29) is 6.10 Å². The number of nitrogens with one attached hydrogen (secondary N) is 1. The highest BCUT2D eigenvalue weighted by Crippen LogP contribution is 2.31. The summed E-state index contributed by atoms with van der Waals surface area (Å²) in [5, 5.41) is 11.2. The third-order valence-electron chi connectivity index (χ3n) is 4.02. The number of hydrogen-bond acceptors (Lipinski definition) is 1. The highest BCUT2D eigenvalue weighted by atomic mass is 16.3. The molecule has 1 fully saturated rings. The lowest BCUT2D eigenvalue weighted by Gasteiger charge is -2.13. The van der Waals surface area contributed by atoms with Crippen molar-refractivity contribution in [3.63, 3.8) is 0 Å². The van der Waals surface area contributed by atoms with E-state index in [1.165, 1.54) is 34.9 Å². The number of fused-ring (bicyclic) bond motifs is 1. The number of benzene rings is 1. The molecule has 0 aliphatic heterocycles. The van der Waals surface area contributed by atoms with E-state index in [1.54, 1.807) is 0 Å². The Bertz CT molecular complexity index is 529. The fourth-order valence-electron chi connectivity index (χ4n) is 3.01. The molecular weight excluding hydrogens is 210 g/mol. The van der Waals surface area contributed by atoms with Gasteiger partial charge in [-0.3, -0.25) is 0 Å². The first-order valence-electron chi connectivity index (χ1n) is 6.49. The lowest BCUT2D eigenvalue weighted by Crippen LogP contribution is -2.15. The average Bonchev–Trinajstić information content (AvgIpc) is 2.87. The van der Waals surface area contributed by atoms with Crippen molar-refractivity contribution in [3.8, 4) is 0 Å². The second-order valence-electron chi connectivity index (χ2n) is 5.33. The molecule has 1 aromatic heterocycles. The number of hydrogen-bond donors (Lipinski definition) is 2. The van der Waals surface area contributed by atoms with Crippen LogP contribution >= 0.6 is 0 Å². The van der Waals surface area contributed by atoms with Crippen molar-refractivity contribution >= 4 is 10.9 Å². The summed E-state index contributed by atoms with van der Waals surface area (Å²) in [6.45, 7) is 2.11. The number of aryl methyl sites for hydroxylation is 1. The minimum absolute atomic E-state index is 0.0922. The summed E-state index contributed by atoms with van der Waals surface area (Å²) in [5.41, 5.74) is 3.85. The first kappa shape index (κ1) is 10.8. The SMILES string of the molecule is Cc1ccc2c(CC3CCCC3O)c[nH]c2c1. The topological polar surface area (TPSA) is 36.0 Å². The van der Waals surface area contributed by atoms with Crippen LogP contribution in [0.3, 0.4) is 0 Å². The lowest BCUT2D eigenvalue weighted by atomic mass is 9.96. The monoisotopic (exact) mass is 229 g/mol. The quantitative estimate of drug-likeness (QED) is 0.815. The molecule has 3 rings (SSSR count). The van der Waals surface area contributed by atoms with Crippen molar-refractivity contribution in [2.45, 2.75) is 38.7 Å². The Morgan fingerprint density at radius 2 is 2.24 bits per heavy atom. The standard InChI is InChI=1S/C15H19NO/c1-10-5-6-13-12(9-16-14(13)7-10)8-11-3-2-4-15(11)17/h5-7,9,11,15-17H,2-4,8H2,1H3. The molecule has 1 saturated carbocycles. The van der Waals surface area contributed by atoms with Crippen molar-refractivity contribution in [1.29, 1.82) is 0 Å². The molecule has 2 aromatic rings. The van der Waals surface area contributed by atoms with Crippen molar-refractivity contribution < 1.29 is 5.11 Å². The van der Waals surface area contributed by atoms with Gasteiger partial charge in [0.05, 0.1) is 6.10 Å². The Hall–Kier alpha value is -1.28. The van der Waals surface area contributed by atoms with E-state index in [1.807, 2.05) is 0 Å². The summed E-state index contributed by atoms with van der Waals surface area (Å²) >= 11 is 0. The van der Waals surface area contributed by atoms with Crippen LogP contribution in [0, 0.1) is 12.8 Å². The van der Waals surface area contributed by atoms with E-state index < -0.39 is 0 Å². The Morgan fingerprint density at radius 1 is 1.35 bits per heavy atom. The van der Waals surface area contributed by atoms with Gasteiger partial charge in [0.15, 0.2) is 0 Å². The van der Waals surface area contributed by atoms with Crippen LogP contribution in [0.1, 0.15) is 30.4 Å². The van der Waals surface area contributed by atoms with Gasteiger partial charge in [0.1, 0.15) is 0 Å². The maximum absolute atomic E-state index is 9.89. The van der Waals surface area contributed by atoms with Crippen LogP contribution < -0.4 is 0 Å². The normalized spacial score (nSPS) is 24.6. The minimum Gasteiger partial charge on any atom is -0.393 e. The van der Waals surface area contributed by atoms with Gasteiger partial charge in [0.2, 0.25) is 0 Å². The zero-order valence-electron chi connectivity index (χ0n) is 10.2. The highest BCUT2D eigenvalue weighted by Gasteiger charge is 2.25. The molecule has 2 heteroatoms. The summed E-state index contributed by atoms with van der Waals surface area (Å²) in [4.78, 5) is 3.34. The fraction of sp³-hybridized carbons (Fsp3) is 0.467. The molecule has 0 radical (unpaired) electrons. The molecule has 0 spiro atoms. The van der Waals surface area contributed by atoms with E-state index in [9.17, 15) is 5.11 Å². The van der Waals surface area contributed by atoms with E-state index >= 15 is 0 Å². The number of rotatable bonds is 2. The maximum atomic E-state index is 9.89. The highest BCUT2D eigenvalue weighted by molar-refractivity contribution is 5.83. The van der Waals surface area contributed by atoms with Crippen molar-refractivity contribution in [2.75, 3.05) is 0 Å². The van der Waals surface area contributed by atoms with Crippen LogP contribution in [0.4, 0.5) is 0 Å². The zero-order chi connectivity index (χ0) is 11.8. The predicted molar refractivity (Wildman–Crippen MR) is 70.1 cm³/mol. The summed E-state index contributed by atoms with van der Waals surface area (Å²) < 4.78 is 0. The summed E-state index contributed by atoms with van der Waals surface area (Å²) in [6.07, 6.45) is 6.34. The van der Waals surface area contributed by atoms with Gasteiger partial charge in [-0.05, 0) is 49.3 Å². The van der Waals surface area contributed by atoms with Crippen LogP contribution in [-0.4, -0.2) is 16.2 Å². The minimum atomic E-state index is -0.0922. The predicted octanol–water partition coefficient (Wildman–Crippen LogP) is 3.18. The maximum Gasteiger partial charge on any atom is 0.0571 e. The summed E-state index contributed by atoms with van der Waals surface area (Å²) in [5.74, 6) is 0.454. The summed E-state index contributed by atoms with van der Waals surface area (Å²) in [6, 6.07) is 6.53. The van der Waals surface area contributed by atoms with Gasteiger partial charge in [0, 0.05) is 17.1 Å². The molecule has 2 atom stereocenters. The second-order valence-corrected chi connectivity index (χ2v) is 5.33. The number of aromatic amines is 1. The van der Waals surface area contributed by atoms with Gasteiger partial charge in [0.25, 0.3) is 0 Å². The Balaban J connectivity index is 1.90. The number of H-pyrrole nitrogens is 1. The van der Waals surface area contributed by atoms with Gasteiger partial charge >= 0.3 is 0 Å². The van der Waals surface area contributed by atoms with Crippen molar-refractivity contribution in [2.24, 2.45) is 5.92 Å². The molecule has 1 aromatic carbocycles. The van der Waals surface area contributed by atoms with Crippen LogP contribution in [0.25, 0.3) is 10.9 Å². The molecule has 2 N–H and O–H groups in total. The zero-order valence-corrected chi connectivity index (χ0v) is 10.2. The smallest absolute Gasteiger partial charge is 0.0571 e. The molecular formula is C15H19NO. The Kier molecular flexibility index (Phi) is 2.67. The Morgan fingerprint density at radius 3 is 3.00 bits per heavy atom. The molecule has 0 amide bonds. The van der Waals surface area contributed by atoms with Gasteiger partial charge in [-0.1, -0.05) is 18.6 Å². The van der Waals surface area contributed by atoms with Crippen LogP contribution in [0.5, 0.6) is 0 Å². The largest absolute Gasteiger partial charge is 0.393 e. The van der Waals surface area contributed by atoms with E-state index in [0.717, 1.165) is 12.8 Å². The van der Waals surface area contributed by atoms with E-state index in [0.29, 0.717) is 5.92 Å². The first-order chi connectivity index (χ1) is 8.24. The van der Waals surface area contributed by atoms with Gasteiger partial charge < -0.3 is 10.1 Å². The average molecular weight is 229 g/mol. The van der Waals surface area contributed by atoms with E-state index in [2.05, 4.69) is 36.3 Å². The van der Waals surface area contributed by atoms with Crippen LogP contribution in [0.15, 0.2) is 24.4 Å². The lowest BCUT2D eigenvalue weighted by molar-refractivity contribution is 0.133. The van der Waals surface area contributed by atoms with Gasteiger partial charge in [-0.25, -0.2) is 0 Å². The van der Waals surface area contributed by atoms with Crippen LogP contribution in [-0.2, 0) is 6.42 Å². The number of aromatic nitrogens is 1. The molecule has 0 saturated heterocycles.